The Kier molecular flexibility index (Phi) is 5.30. The van der Waals surface area contributed by atoms with Crippen LogP contribution in [0.15, 0.2) is 52.2 Å². The van der Waals surface area contributed by atoms with E-state index in [1.54, 1.807) is 11.3 Å². The number of piperidine rings is 1. The van der Waals surface area contributed by atoms with E-state index in [2.05, 4.69) is 72.1 Å². The summed E-state index contributed by atoms with van der Waals surface area (Å²) in [6.07, 6.45) is 5.96. The van der Waals surface area contributed by atoms with Gasteiger partial charge in [0.2, 0.25) is 5.91 Å². The Balaban J connectivity index is 1.63. The number of primary amides is 1. The third kappa shape index (κ3) is 3.28. The molecule has 4 heterocycles. The lowest BCUT2D eigenvalue weighted by molar-refractivity contribution is -0.162. The average molecular weight is 436 g/mol. The van der Waals surface area contributed by atoms with Gasteiger partial charge in [0.1, 0.15) is 0 Å². The summed E-state index contributed by atoms with van der Waals surface area (Å²) in [4.78, 5) is 21.3. The molecule has 31 heavy (non-hydrogen) atoms. The van der Waals surface area contributed by atoms with Gasteiger partial charge < -0.3 is 5.73 Å². The summed E-state index contributed by atoms with van der Waals surface area (Å²) in [5.41, 5.74) is 7.90. The fraction of sp³-hybridized carbons (Fsp3) is 0.538. The predicted octanol–water partition coefficient (Wildman–Crippen LogP) is 4.54. The van der Waals surface area contributed by atoms with Crippen molar-refractivity contribution in [1.29, 1.82) is 0 Å². The number of amides is 1. The zero-order valence-corrected chi connectivity index (χ0v) is 19.4. The summed E-state index contributed by atoms with van der Waals surface area (Å²) in [5, 5.41) is 4.34. The van der Waals surface area contributed by atoms with Gasteiger partial charge in [-0.05, 0) is 72.0 Å². The van der Waals surface area contributed by atoms with E-state index in [4.69, 9.17) is 10.7 Å². The molecule has 3 aliphatic heterocycles. The van der Waals surface area contributed by atoms with Crippen LogP contribution in [0.1, 0.15) is 44.2 Å². The van der Waals surface area contributed by atoms with Crippen LogP contribution in [0.4, 0.5) is 0 Å². The molecule has 4 aliphatic rings. The van der Waals surface area contributed by atoms with E-state index in [1.165, 1.54) is 17.5 Å². The number of nitrogens with zero attached hydrogens (tertiary/aromatic N) is 2. The van der Waals surface area contributed by atoms with Crippen molar-refractivity contribution in [1.82, 2.24) is 4.90 Å². The molecule has 2 fully saturated rings. The molecule has 0 spiro atoms. The maximum Gasteiger partial charge on any atom is 0.227 e. The van der Waals surface area contributed by atoms with Gasteiger partial charge in [0.25, 0.3) is 0 Å². The van der Waals surface area contributed by atoms with Crippen molar-refractivity contribution < 1.29 is 4.79 Å². The van der Waals surface area contributed by atoms with Crippen molar-refractivity contribution in [3.63, 3.8) is 0 Å². The first kappa shape index (κ1) is 20.9. The van der Waals surface area contributed by atoms with Crippen molar-refractivity contribution in [2.45, 2.75) is 57.7 Å². The van der Waals surface area contributed by atoms with Crippen molar-refractivity contribution in [2.75, 3.05) is 6.54 Å². The Labute approximate surface area is 189 Å². The van der Waals surface area contributed by atoms with Crippen molar-refractivity contribution in [3.8, 4) is 0 Å². The molecule has 2 N–H and O–H groups in total. The number of benzene rings is 1. The van der Waals surface area contributed by atoms with Gasteiger partial charge in [-0.25, -0.2) is 0 Å². The molecule has 2 aromatic rings. The average Bonchev–Trinajstić information content (AvgIpc) is 3.25. The molecule has 164 valence electrons. The van der Waals surface area contributed by atoms with Crippen LogP contribution in [-0.4, -0.2) is 35.1 Å². The zero-order valence-electron chi connectivity index (χ0n) is 18.5. The molecule has 0 radical (unpaired) electrons. The molecule has 6 rings (SSSR count). The van der Waals surface area contributed by atoms with Gasteiger partial charge >= 0.3 is 0 Å². The minimum absolute atomic E-state index is 0.122. The second-order valence-electron chi connectivity index (χ2n) is 10.3. The van der Waals surface area contributed by atoms with E-state index < -0.39 is 11.0 Å². The van der Waals surface area contributed by atoms with Crippen molar-refractivity contribution in [2.24, 2.45) is 33.9 Å². The summed E-state index contributed by atoms with van der Waals surface area (Å²) >= 11 is 1.72. The second-order valence-corrected chi connectivity index (χ2v) is 11.1. The lowest BCUT2D eigenvalue weighted by Gasteiger charge is -2.66. The third-order valence-corrected chi connectivity index (χ3v) is 8.73. The molecule has 1 saturated carbocycles. The number of hydrogen-bond donors (Lipinski definition) is 1. The first-order chi connectivity index (χ1) is 14.9. The van der Waals surface area contributed by atoms with Crippen LogP contribution in [0, 0.1) is 23.2 Å². The Bertz CT molecular complexity index is 956. The first-order valence-electron chi connectivity index (χ1n) is 11.6. The molecular formula is C26H33N3OS. The van der Waals surface area contributed by atoms with Crippen LogP contribution in [0.5, 0.6) is 0 Å². The minimum Gasteiger partial charge on any atom is -0.369 e. The Morgan fingerprint density at radius 1 is 1.26 bits per heavy atom. The smallest absolute Gasteiger partial charge is 0.227 e. The van der Waals surface area contributed by atoms with E-state index in [9.17, 15) is 4.79 Å². The van der Waals surface area contributed by atoms with Gasteiger partial charge in [0.15, 0.2) is 0 Å². The maximum atomic E-state index is 13.6. The SMILES string of the molecule is CC(C)C[C@@]1(C(N)=O)[C@@H]2[C@@H]3C=N[C@]1(Cc1ccsc1)C[C@@H]3CCN2Cc1ccccc1. The third-order valence-electron chi connectivity index (χ3n) is 7.99. The fourth-order valence-corrected chi connectivity index (χ4v) is 7.63. The molecule has 1 aromatic carbocycles. The highest BCUT2D eigenvalue weighted by atomic mass is 32.1. The molecule has 1 saturated heterocycles. The second kappa shape index (κ2) is 7.86. The standard InChI is InChI=1S/C26H33N3OS/c1-18(2)12-26(24(27)30)23-22-15-28-25(26,13-20-9-11-31-17-20)14-21(22)8-10-29(23)16-19-6-4-3-5-7-19/h3-7,9,11,15,17-18,21-23H,8,10,12-14,16H2,1-2H3,(H2,27,30)/t21-,22+,23-,25+,26-/m0/s1. The maximum absolute atomic E-state index is 13.6. The van der Waals surface area contributed by atoms with Crippen LogP contribution in [0.2, 0.25) is 0 Å². The van der Waals surface area contributed by atoms with Gasteiger partial charge in [0, 0.05) is 24.7 Å². The Morgan fingerprint density at radius 2 is 2.06 bits per heavy atom. The van der Waals surface area contributed by atoms with E-state index >= 15 is 0 Å². The van der Waals surface area contributed by atoms with Gasteiger partial charge in [0.05, 0.1) is 11.0 Å². The number of likely N-dealkylation sites (tertiary alicyclic amines) is 1. The number of carbonyl (C=O) groups excluding carboxylic acids is 1. The highest BCUT2D eigenvalue weighted by molar-refractivity contribution is 7.07. The lowest BCUT2D eigenvalue weighted by Crippen LogP contribution is -2.76. The summed E-state index contributed by atoms with van der Waals surface area (Å²) < 4.78 is 0. The molecule has 0 unspecified atom stereocenters. The number of rotatable bonds is 7. The number of aliphatic imine (C=N–C) groups is 1. The van der Waals surface area contributed by atoms with Crippen LogP contribution < -0.4 is 5.73 Å². The Morgan fingerprint density at radius 3 is 2.74 bits per heavy atom. The normalized spacial score (nSPS) is 34.4. The van der Waals surface area contributed by atoms with Crippen LogP contribution >= 0.6 is 11.3 Å². The van der Waals surface area contributed by atoms with Crippen molar-refractivity contribution in [3.05, 3.63) is 58.3 Å². The largest absolute Gasteiger partial charge is 0.369 e. The monoisotopic (exact) mass is 435 g/mol. The highest BCUT2D eigenvalue weighted by Gasteiger charge is 2.69. The summed E-state index contributed by atoms with van der Waals surface area (Å²) in [6, 6.07) is 13.0. The summed E-state index contributed by atoms with van der Waals surface area (Å²) in [5.74, 6) is 1.13. The number of hydrogen-bond acceptors (Lipinski definition) is 4. The summed E-state index contributed by atoms with van der Waals surface area (Å²) in [7, 11) is 0. The van der Waals surface area contributed by atoms with Crippen LogP contribution in [-0.2, 0) is 17.8 Å². The molecule has 4 nitrogen and oxygen atoms in total. The van der Waals surface area contributed by atoms with E-state index in [-0.39, 0.29) is 11.9 Å². The summed E-state index contributed by atoms with van der Waals surface area (Å²) in [6.45, 7) is 6.33. The molecule has 1 aromatic heterocycles. The molecule has 5 atom stereocenters. The Hall–Kier alpha value is -1.98. The van der Waals surface area contributed by atoms with Gasteiger partial charge in [-0.1, -0.05) is 44.2 Å². The fourth-order valence-electron chi connectivity index (χ4n) is 6.97. The zero-order chi connectivity index (χ0) is 21.6. The van der Waals surface area contributed by atoms with Crippen LogP contribution in [0.3, 0.4) is 0 Å². The molecule has 5 heteroatoms. The van der Waals surface area contributed by atoms with Crippen molar-refractivity contribution >= 4 is 23.5 Å². The van der Waals surface area contributed by atoms with Crippen LogP contribution in [0.25, 0.3) is 0 Å². The van der Waals surface area contributed by atoms with Gasteiger partial charge in [-0.3, -0.25) is 14.7 Å². The molecular weight excluding hydrogens is 402 g/mol. The minimum atomic E-state index is -0.645. The van der Waals surface area contributed by atoms with Gasteiger partial charge in [-0.15, -0.1) is 0 Å². The molecule has 1 amide bonds. The first-order valence-corrected chi connectivity index (χ1v) is 12.5. The van der Waals surface area contributed by atoms with Gasteiger partial charge in [-0.2, -0.15) is 11.3 Å². The number of nitrogens with two attached hydrogens (primary N) is 1. The number of thiophene rings is 1. The quantitative estimate of drug-likeness (QED) is 0.694. The lowest BCUT2D eigenvalue weighted by atomic mass is 9.45. The van der Waals surface area contributed by atoms with E-state index in [1.807, 2.05) is 0 Å². The van der Waals surface area contributed by atoms with E-state index in [0.29, 0.717) is 17.8 Å². The highest BCUT2D eigenvalue weighted by Crippen LogP contribution is 2.61. The predicted molar refractivity (Wildman–Crippen MR) is 127 cm³/mol. The molecule has 4 bridgehead atoms. The van der Waals surface area contributed by atoms with E-state index in [0.717, 1.165) is 32.4 Å². The molecule has 1 aliphatic carbocycles. The number of carbonyl (C=O) groups is 1. The topological polar surface area (TPSA) is 58.7 Å².